The summed E-state index contributed by atoms with van der Waals surface area (Å²) in [6.07, 6.45) is 6.60. The molecule has 0 unspecified atom stereocenters. The summed E-state index contributed by atoms with van der Waals surface area (Å²) in [5.41, 5.74) is 1.70. The van der Waals surface area contributed by atoms with E-state index in [-0.39, 0.29) is 16.9 Å². The molecule has 0 bridgehead atoms. The molecule has 0 amide bonds. The molecule has 2 N–H and O–H groups in total. The molecule has 0 aliphatic heterocycles. The minimum atomic E-state index is -0.491. The molecule has 3 aromatic rings. The molecule has 10 heteroatoms. The van der Waals surface area contributed by atoms with Crippen LogP contribution in [0.25, 0.3) is 11.0 Å². The number of aromatic nitrogens is 4. The molecule has 0 spiro atoms. The first kappa shape index (κ1) is 21.2. The van der Waals surface area contributed by atoms with Gasteiger partial charge >= 0.3 is 5.97 Å². The van der Waals surface area contributed by atoms with E-state index in [0.717, 1.165) is 25.7 Å². The predicted molar refractivity (Wildman–Crippen MR) is 116 cm³/mol. The SMILES string of the molecule is COC(=O)C1CCC(CNc2ncc3ncnc(Nc4ccc(F)c(Cl)c4)c3n2)CC1. The van der Waals surface area contributed by atoms with Crippen LogP contribution >= 0.6 is 11.6 Å². The lowest BCUT2D eigenvalue weighted by Gasteiger charge is -2.26. The Hall–Kier alpha value is -3.07. The first-order valence-electron chi connectivity index (χ1n) is 10.0. The van der Waals surface area contributed by atoms with E-state index in [9.17, 15) is 9.18 Å². The molecule has 1 aliphatic carbocycles. The van der Waals surface area contributed by atoms with Gasteiger partial charge in [-0.25, -0.2) is 24.3 Å². The largest absolute Gasteiger partial charge is 0.469 e. The molecule has 2 aromatic heterocycles. The van der Waals surface area contributed by atoms with Gasteiger partial charge in [-0.05, 0) is 49.8 Å². The van der Waals surface area contributed by atoms with Gasteiger partial charge in [0.1, 0.15) is 23.2 Å². The molecule has 0 radical (unpaired) electrons. The lowest BCUT2D eigenvalue weighted by molar-refractivity contribution is -0.146. The van der Waals surface area contributed by atoms with Crippen molar-refractivity contribution >= 4 is 46.1 Å². The van der Waals surface area contributed by atoms with Gasteiger partial charge in [-0.3, -0.25) is 4.79 Å². The van der Waals surface area contributed by atoms with E-state index in [2.05, 4.69) is 30.6 Å². The fraction of sp³-hybridized carbons (Fsp3) is 0.381. The van der Waals surface area contributed by atoms with E-state index in [0.29, 0.717) is 40.9 Å². The molecular formula is C21H22ClFN6O2. The highest BCUT2D eigenvalue weighted by molar-refractivity contribution is 6.31. The number of fused-ring (bicyclic) bond motifs is 1. The lowest BCUT2D eigenvalue weighted by atomic mass is 9.82. The molecule has 1 aliphatic rings. The number of benzene rings is 1. The topological polar surface area (TPSA) is 102 Å². The van der Waals surface area contributed by atoms with E-state index in [1.807, 2.05) is 0 Å². The number of hydrogen-bond donors (Lipinski definition) is 2. The van der Waals surface area contributed by atoms with Crippen molar-refractivity contribution in [1.82, 2.24) is 19.9 Å². The Labute approximate surface area is 183 Å². The van der Waals surface area contributed by atoms with Crippen molar-refractivity contribution in [1.29, 1.82) is 0 Å². The highest BCUT2D eigenvalue weighted by atomic mass is 35.5. The Balaban J connectivity index is 1.44. The number of esters is 1. The zero-order valence-corrected chi connectivity index (χ0v) is 17.7. The summed E-state index contributed by atoms with van der Waals surface area (Å²) in [6, 6.07) is 4.33. The Morgan fingerprint density at radius 1 is 1.23 bits per heavy atom. The highest BCUT2D eigenvalue weighted by Crippen LogP contribution is 2.30. The van der Waals surface area contributed by atoms with E-state index in [1.165, 1.54) is 25.6 Å². The van der Waals surface area contributed by atoms with Crippen LogP contribution in [0, 0.1) is 17.7 Å². The number of nitrogens with zero attached hydrogens (tertiary/aromatic N) is 4. The molecular weight excluding hydrogens is 423 g/mol. The van der Waals surface area contributed by atoms with Crippen LogP contribution in [-0.4, -0.2) is 39.6 Å². The van der Waals surface area contributed by atoms with Crippen molar-refractivity contribution in [2.24, 2.45) is 11.8 Å². The number of methoxy groups -OCH3 is 1. The van der Waals surface area contributed by atoms with Crippen LogP contribution in [0.1, 0.15) is 25.7 Å². The third kappa shape index (κ3) is 4.99. The second-order valence-electron chi connectivity index (χ2n) is 7.53. The van der Waals surface area contributed by atoms with Crippen LogP contribution < -0.4 is 10.6 Å². The second kappa shape index (κ2) is 9.38. The van der Waals surface area contributed by atoms with Crippen LogP contribution in [0.2, 0.25) is 5.02 Å². The van der Waals surface area contributed by atoms with Crippen molar-refractivity contribution in [3.8, 4) is 0 Å². The predicted octanol–water partition coefficient (Wildman–Crippen LogP) is 4.35. The van der Waals surface area contributed by atoms with E-state index < -0.39 is 5.82 Å². The van der Waals surface area contributed by atoms with Gasteiger partial charge in [0, 0.05) is 12.2 Å². The van der Waals surface area contributed by atoms with Gasteiger partial charge in [0.15, 0.2) is 5.82 Å². The summed E-state index contributed by atoms with van der Waals surface area (Å²) < 4.78 is 18.3. The third-order valence-electron chi connectivity index (χ3n) is 5.49. The molecule has 1 saturated carbocycles. The Bertz CT molecular complexity index is 1090. The van der Waals surface area contributed by atoms with Gasteiger partial charge in [0.2, 0.25) is 5.95 Å². The van der Waals surface area contributed by atoms with Gasteiger partial charge in [-0.15, -0.1) is 0 Å². The molecule has 8 nitrogen and oxygen atoms in total. The summed E-state index contributed by atoms with van der Waals surface area (Å²) in [4.78, 5) is 29.0. The maximum Gasteiger partial charge on any atom is 0.308 e. The molecule has 31 heavy (non-hydrogen) atoms. The quantitative estimate of drug-likeness (QED) is 0.541. The zero-order chi connectivity index (χ0) is 21.8. The monoisotopic (exact) mass is 444 g/mol. The molecule has 1 aromatic carbocycles. The van der Waals surface area contributed by atoms with Gasteiger partial charge < -0.3 is 15.4 Å². The van der Waals surface area contributed by atoms with Gasteiger partial charge in [-0.1, -0.05) is 11.6 Å². The molecule has 1 fully saturated rings. The zero-order valence-electron chi connectivity index (χ0n) is 16.9. The smallest absolute Gasteiger partial charge is 0.308 e. The molecule has 4 rings (SSSR count). The normalized spacial score (nSPS) is 18.5. The molecule has 162 valence electrons. The fourth-order valence-corrected chi connectivity index (χ4v) is 3.93. The summed E-state index contributed by atoms with van der Waals surface area (Å²) in [5.74, 6) is 0.769. The second-order valence-corrected chi connectivity index (χ2v) is 7.93. The van der Waals surface area contributed by atoms with Crippen molar-refractivity contribution in [2.45, 2.75) is 25.7 Å². The van der Waals surface area contributed by atoms with E-state index >= 15 is 0 Å². The Kier molecular flexibility index (Phi) is 6.41. The number of anilines is 3. The number of ether oxygens (including phenoxy) is 1. The molecule has 0 atom stereocenters. The minimum absolute atomic E-state index is 0.00363. The third-order valence-corrected chi connectivity index (χ3v) is 5.78. The first-order chi connectivity index (χ1) is 15.0. The molecule has 2 heterocycles. The number of carbonyl (C=O) groups is 1. The average Bonchev–Trinajstić information content (AvgIpc) is 2.80. The van der Waals surface area contributed by atoms with E-state index in [1.54, 1.807) is 12.3 Å². The van der Waals surface area contributed by atoms with Crippen molar-refractivity contribution < 1.29 is 13.9 Å². The highest BCUT2D eigenvalue weighted by Gasteiger charge is 2.26. The van der Waals surface area contributed by atoms with Crippen LogP contribution in [0.5, 0.6) is 0 Å². The standard InChI is InChI=1S/C21H22ClFN6O2/c1-31-20(30)13-4-2-12(3-5-13)9-24-21-25-10-17-18(29-21)19(27-11-26-17)28-14-6-7-16(23)15(22)8-14/h6-8,10-13H,2-5,9H2,1H3,(H,24,25,29)(H,26,27,28). The van der Waals surface area contributed by atoms with Crippen molar-refractivity contribution in [3.05, 3.63) is 41.6 Å². The van der Waals surface area contributed by atoms with Crippen LogP contribution in [0.4, 0.5) is 21.8 Å². The van der Waals surface area contributed by atoms with Crippen molar-refractivity contribution in [2.75, 3.05) is 24.3 Å². The fourth-order valence-electron chi connectivity index (χ4n) is 3.75. The maximum absolute atomic E-state index is 13.4. The maximum atomic E-state index is 13.4. The number of hydrogen-bond acceptors (Lipinski definition) is 8. The summed E-state index contributed by atoms with van der Waals surface area (Å²) in [7, 11) is 1.44. The number of nitrogens with one attached hydrogen (secondary N) is 2. The van der Waals surface area contributed by atoms with E-state index in [4.69, 9.17) is 16.3 Å². The van der Waals surface area contributed by atoms with Crippen LogP contribution in [-0.2, 0) is 9.53 Å². The summed E-state index contributed by atoms with van der Waals surface area (Å²) >= 11 is 5.86. The Morgan fingerprint density at radius 3 is 2.77 bits per heavy atom. The minimum Gasteiger partial charge on any atom is -0.469 e. The van der Waals surface area contributed by atoms with Crippen LogP contribution in [0.15, 0.2) is 30.7 Å². The number of carbonyl (C=O) groups excluding carboxylic acids is 1. The van der Waals surface area contributed by atoms with Gasteiger partial charge in [0.25, 0.3) is 0 Å². The Morgan fingerprint density at radius 2 is 2.03 bits per heavy atom. The number of halogens is 2. The summed E-state index contributed by atoms with van der Waals surface area (Å²) in [5, 5.41) is 6.40. The van der Waals surface area contributed by atoms with Crippen LogP contribution in [0.3, 0.4) is 0 Å². The first-order valence-corrected chi connectivity index (χ1v) is 10.4. The molecule has 0 saturated heterocycles. The number of rotatable bonds is 6. The van der Waals surface area contributed by atoms with Gasteiger partial charge in [-0.2, -0.15) is 0 Å². The average molecular weight is 445 g/mol. The lowest BCUT2D eigenvalue weighted by Crippen LogP contribution is -2.26. The van der Waals surface area contributed by atoms with Gasteiger partial charge in [0.05, 0.1) is 24.2 Å². The summed E-state index contributed by atoms with van der Waals surface area (Å²) in [6.45, 7) is 0.712. The van der Waals surface area contributed by atoms with Crippen molar-refractivity contribution in [3.63, 3.8) is 0 Å².